The first kappa shape index (κ1) is 9.00. The SMILES string of the molecule is CCc1[nH]ccc1-c1ccc(F)cc1. The largest absolute Gasteiger partial charge is 0.364 e. The molecule has 0 aliphatic heterocycles. The third kappa shape index (κ3) is 1.55. The van der Waals surface area contributed by atoms with Crippen molar-refractivity contribution in [3.63, 3.8) is 0 Å². The van der Waals surface area contributed by atoms with Gasteiger partial charge < -0.3 is 4.98 Å². The Morgan fingerprint density at radius 3 is 2.50 bits per heavy atom. The Bertz CT molecular complexity index is 414. The molecular weight excluding hydrogens is 177 g/mol. The number of H-pyrrole nitrogens is 1. The van der Waals surface area contributed by atoms with Crippen LogP contribution in [-0.2, 0) is 6.42 Å². The van der Waals surface area contributed by atoms with E-state index in [1.807, 2.05) is 12.3 Å². The van der Waals surface area contributed by atoms with E-state index in [0.29, 0.717) is 0 Å². The number of hydrogen-bond donors (Lipinski definition) is 1. The van der Waals surface area contributed by atoms with Crippen molar-refractivity contribution in [1.82, 2.24) is 4.98 Å². The quantitative estimate of drug-likeness (QED) is 0.745. The second-order valence-corrected chi connectivity index (χ2v) is 3.23. The summed E-state index contributed by atoms with van der Waals surface area (Å²) in [4.78, 5) is 3.17. The van der Waals surface area contributed by atoms with E-state index in [4.69, 9.17) is 0 Å². The minimum absolute atomic E-state index is 0.192. The van der Waals surface area contributed by atoms with Gasteiger partial charge in [-0.05, 0) is 30.2 Å². The van der Waals surface area contributed by atoms with Crippen LogP contribution in [0.2, 0.25) is 0 Å². The van der Waals surface area contributed by atoms with Gasteiger partial charge in [0.2, 0.25) is 0 Å². The smallest absolute Gasteiger partial charge is 0.123 e. The molecule has 2 rings (SSSR count). The predicted octanol–water partition coefficient (Wildman–Crippen LogP) is 3.38. The summed E-state index contributed by atoms with van der Waals surface area (Å²) in [5, 5.41) is 0. The molecule has 0 radical (unpaired) electrons. The predicted molar refractivity (Wildman–Crippen MR) is 55.6 cm³/mol. The summed E-state index contributed by atoms with van der Waals surface area (Å²) >= 11 is 0. The number of rotatable bonds is 2. The Morgan fingerprint density at radius 2 is 1.86 bits per heavy atom. The maximum Gasteiger partial charge on any atom is 0.123 e. The Morgan fingerprint density at radius 1 is 1.14 bits per heavy atom. The van der Waals surface area contributed by atoms with Crippen molar-refractivity contribution in [1.29, 1.82) is 0 Å². The number of hydrogen-bond acceptors (Lipinski definition) is 0. The number of aromatic amines is 1. The Hall–Kier alpha value is -1.57. The fraction of sp³-hybridized carbons (Fsp3) is 0.167. The van der Waals surface area contributed by atoms with E-state index in [1.165, 1.54) is 17.8 Å². The van der Waals surface area contributed by atoms with Gasteiger partial charge in [0.1, 0.15) is 5.82 Å². The zero-order valence-electron chi connectivity index (χ0n) is 8.05. The van der Waals surface area contributed by atoms with Crippen LogP contribution in [0.5, 0.6) is 0 Å². The van der Waals surface area contributed by atoms with Crippen molar-refractivity contribution in [2.45, 2.75) is 13.3 Å². The van der Waals surface area contributed by atoms with E-state index in [-0.39, 0.29) is 5.82 Å². The van der Waals surface area contributed by atoms with Gasteiger partial charge in [0.05, 0.1) is 0 Å². The molecule has 1 aromatic carbocycles. The molecule has 0 aliphatic carbocycles. The summed E-state index contributed by atoms with van der Waals surface area (Å²) in [7, 11) is 0. The fourth-order valence-electron chi connectivity index (χ4n) is 1.60. The van der Waals surface area contributed by atoms with Crippen LogP contribution in [0.4, 0.5) is 4.39 Å². The van der Waals surface area contributed by atoms with Gasteiger partial charge >= 0.3 is 0 Å². The highest BCUT2D eigenvalue weighted by atomic mass is 19.1. The van der Waals surface area contributed by atoms with Gasteiger partial charge in [0, 0.05) is 17.5 Å². The van der Waals surface area contributed by atoms with Crippen LogP contribution in [0, 0.1) is 5.82 Å². The van der Waals surface area contributed by atoms with Crippen molar-refractivity contribution in [2.24, 2.45) is 0 Å². The minimum Gasteiger partial charge on any atom is -0.364 e. The standard InChI is InChI=1S/C12H12FN/c1-2-12-11(7-8-14-12)9-3-5-10(13)6-4-9/h3-8,14H,2H2,1H3. The van der Waals surface area contributed by atoms with Crippen molar-refractivity contribution in [2.75, 3.05) is 0 Å². The number of aromatic nitrogens is 1. The third-order valence-electron chi connectivity index (χ3n) is 2.34. The highest BCUT2D eigenvalue weighted by Crippen LogP contribution is 2.23. The van der Waals surface area contributed by atoms with Crippen molar-refractivity contribution >= 4 is 0 Å². The molecule has 0 saturated heterocycles. The molecule has 14 heavy (non-hydrogen) atoms. The fourth-order valence-corrected chi connectivity index (χ4v) is 1.60. The summed E-state index contributed by atoms with van der Waals surface area (Å²) in [6, 6.07) is 8.60. The lowest BCUT2D eigenvalue weighted by molar-refractivity contribution is 0.628. The third-order valence-corrected chi connectivity index (χ3v) is 2.34. The summed E-state index contributed by atoms with van der Waals surface area (Å²) in [5.41, 5.74) is 3.41. The zero-order chi connectivity index (χ0) is 9.97. The van der Waals surface area contributed by atoms with Crippen molar-refractivity contribution < 1.29 is 4.39 Å². The van der Waals surface area contributed by atoms with E-state index in [0.717, 1.165) is 17.5 Å². The van der Waals surface area contributed by atoms with Gasteiger partial charge in [0.15, 0.2) is 0 Å². The molecule has 0 atom stereocenters. The van der Waals surface area contributed by atoms with Crippen molar-refractivity contribution in [3.8, 4) is 11.1 Å². The number of halogens is 1. The minimum atomic E-state index is -0.192. The van der Waals surface area contributed by atoms with Crippen molar-refractivity contribution in [3.05, 3.63) is 48.0 Å². The number of aryl methyl sites for hydroxylation is 1. The van der Waals surface area contributed by atoms with Crippen LogP contribution < -0.4 is 0 Å². The first-order valence-corrected chi connectivity index (χ1v) is 4.73. The molecule has 72 valence electrons. The molecule has 1 aromatic heterocycles. The normalized spacial score (nSPS) is 10.4. The number of benzene rings is 1. The van der Waals surface area contributed by atoms with Crippen LogP contribution in [0.1, 0.15) is 12.6 Å². The molecule has 1 N–H and O–H groups in total. The molecule has 2 aromatic rings. The van der Waals surface area contributed by atoms with E-state index >= 15 is 0 Å². The lowest BCUT2D eigenvalue weighted by Crippen LogP contribution is -1.84. The Balaban J connectivity index is 2.44. The van der Waals surface area contributed by atoms with Gasteiger partial charge in [-0.1, -0.05) is 19.1 Å². The number of nitrogens with one attached hydrogen (secondary N) is 1. The molecule has 2 heteroatoms. The zero-order valence-corrected chi connectivity index (χ0v) is 8.05. The van der Waals surface area contributed by atoms with E-state index < -0.39 is 0 Å². The monoisotopic (exact) mass is 189 g/mol. The van der Waals surface area contributed by atoms with Crippen LogP contribution >= 0.6 is 0 Å². The summed E-state index contributed by atoms with van der Waals surface area (Å²) in [6.07, 6.45) is 2.87. The first-order valence-electron chi connectivity index (χ1n) is 4.73. The van der Waals surface area contributed by atoms with Gasteiger partial charge in [-0.25, -0.2) is 4.39 Å². The van der Waals surface area contributed by atoms with Gasteiger partial charge in [0.25, 0.3) is 0 Å². The first-order chi connectivity index (χ1) is 6.81. The highest BCUT2D eigenvalue weighted by molar-refractivity contribution is 5.66. The average molecular weight is 189 g/mol. The summed E-state index contributed by atoms with van der Waals surface area (Å²) in [5.74, 6) is -0.192. The summed E-state index contributed by atoms with van der Waals surface area (Å²) < 4.78 is 12.7. The van der Waals surface area contributed by atoms with Gasteiger partial charge in [-0.15, -0.1) is 0 Å². The van der Waals surface area contributed by atoms with Crippen LogP contribution in [-0.4, -0.2) is 4.98 Å². The molecule has 0 aliphatic rings. The molecule has 0 fully saturated rings. The van der Waals surface area contributed by atoms with E-state index in [1.54, 1.807) is 12.1 Å². The Labute approximate surface area is 82.6 Å². The lowest BCUT2D eigenvalue weighted by atomic mass is 10.1. The van der Waals surface area contributed by atoms with Gasteiger partial charge in [-0.3, -0.25) is 0 Å². The van der Waals surface area contributed by atoms with E-state index in [9.17, 15) is 4.39 Å². The molecule has 0 spiro atoms. The second kappa shape index (κ2) is 3.66. The highest BCUT2D eigenvalue weighted by Gasteiger charge is 2.03. The molecule has 0 bridgehead atoms. The Kier molecular flexibility index (Phi) is 2.35. The van der Waals surface area contributed by atoms with Crippen LogP contribution in [0.3, 0.4) is 0 Å². The topological polar surface area (TPSA) is 15.8 Å². The molecular formula is C12H12FN. The van der Waals surface area contributed by atoms with E-state index in [2.05, 4.69) is 11.9 Å². The van der Waals surface area contributed by atoms with Crippen LogP contribution in [0.15, 0.2) is 36.5 Å². The van der Waals surface area contributed by atoms with Crippen LogP contribution in [0.25, 0.3) is 11.1 Å². The maximum absolute atomic E-state index is 12.7. The molecule has 1 nitrogen and oxygen atoms in total. The molecule has 0 saturated carbocycles. The maximum atomic E-state index is 12.7. The lowest BCUT2D eigenvalue weighted by Gasteiger charge is -2.01. The van der Waals surface area contributed by atoms with Gasteiger partial charge in [-0.2, -0.15) is 0 Å². The molecule has 0 unspecified atom stereocenters. The second-order valence-electron chi connectivity index (χ2n) is 3.23. The average Bonchev–Trinajstić information content (AvgIpc) is 2.67. The molecule has 0 amide bonds. The summed E-state index contributed by atoms with van der Waals surface area (Å²) in [6.45, 7) is 2.10. The molecule has 1 heterocycles.